The molecule has 0 radical (unpaired) electrons. The molecule has 1 heterocycles. The molecule has 1 aromatic heterocycles. The summed E-state index contributed by atoms with van der Waals surface area (Å²) in [7, 11) is 0. The SMILES string of the molecule is N#CCC(=O)NCCc1ccsc1. The van der Waals surface area contributed by atoms with Gasteiger partial charge in [0.1, 0.15) is 6.42 Å². The van der Waals surface area contributed by atoms with Crippen LogP contribution < -0.4 is 5.32 Å². The lowest BCUT2D eigenvalue weighted by Gasteiger charge is -1.99. The first-order chi connectivity index (χ1) is 6.33. The number of thiophene rings is 1. The fourth-order valence-corrected chi connectivity index (χ4v) is 1.62. The molecule has 0 fully saturated rings. The van der Waals surface area contributed by atoms with Crippen molar-refractivity contribution in [2.75, 3.05) is 6.54 Å². The zero-order valence-corrected chi connectivity index (χ0v) is 7.93. The third kappa shape index (κ3) is 3.72. The first-order valence-electron chi connectivity index (χ1n) is 3.97. The standard InChI is InChI=1S/C9H10N2OS/c10-4-1-9(12)11-5-2-8-3-6-13-7-8/h3,6-7H,1-2,5H2,(H,11,12). The molecule has 0 aromatic carbocycles. The lowest BCUT2D eigenvalue weighted by molar-refractivity contribution is -0.120. The third-order valence-corrected chi connectivity index (χ3v) is 2.29. The minimum absolute atomic E-state index is 0.0519. The highest BCUT2D eigenvalue weighted by Gasteiger charge is 1.98. The Kier molecular flexibility index (Phi) is 4.00. The molecule has 1 rings (SSSR count). The van der Waals surface area contributed by atoms with Crippen LogP contribution in [0.1, 0.15) is 12.0 Å². The van der Waals surface area contributed by atoms with Gasteiger partial charge in [0.15, 0.2) is 0 Å². The molecule has 0 aliphatic carbocycles. The van der Waals surface area contributed by atoms with E-state index in [4.69, 9.17) is 5.26 Å². The van der Waals surface area contributed by atoms with Crippen LogP contribution in [0, 0.1) is 11.3 Å². The maximum atomic E-state index is 10.8. The van der Waals surface area contributed by atoms with E-state index in [0.29, 0.717) is 6.54 Å². The monoisotopic (exact) mass is 194 g/mol. The van der Waals surface area contributed by atoms with Gasteiger partial charge in [-0.2, -0.15) is 16.6 Å². The predicted molar refractivity (Wildman–Crippen MR) is 51.3 cm³/mol. The van der Waals surface area contributed by atoms with E-state index < -0.39 is 0 Å². The van der Waals surface area contributed by atoms with Crippen molar-refractivity contribution in [3.05, 3.63) is 22.4 Å². The fraction of sp³-hybridized carbons (Fsp3) is 0.333. The zero-order valence-electron chi connectivity index (χ0n) is 7.12. The van der Waals surface area contributed by atoms with Gasteiger partial charge in [-0.3, -0.25) is 4.79 Å². The molecule has 4 heteroatoms. The summed E-state index contributed by atoms with van der Waals surface area (Å²) < 4.78 is 0. The Balaban J connectivity index is 2.15. The normalized spacial score (nSPS) is 9.15. The van der Waals surface area contributed by atoms with Gasteiger partial charge in [-0.15, -0.1) is 0 Å². The molecule has 0 saturated heterocycles. The number of amides is 1. The van der Waals surface area contributed by atoms with Crippen LogP contribution in [0.4, 0.5) is 0 Å². The van der Waals surface area contributed by atoms with Crippen molar-refractivity contribution in [2.24, 2.45) is 0 Å². The van der Waals surface area contributed by atoms with Crippen molar-refractivity contribution in [3.63, 3.8) is 0 Å². The number of rotatable bonds is 4. The molecular formula is C9H10N2OS. The number of nitriles is 1. The van der Waals surface area contributed by atoms with Crippen LogP contribution in [0.2, 0.25) is 0 Å². The zero-order chi connectivity index (χ0) is 9.52. The van der Waals surface area contributed by atoms with E-state index in [2.05, 4.69) is 10.7 Å². The topological polar surface area (TPSA) is 52.9 Å². The Labute approximate surface area is 81.0 Å². The van der Waals surface area contributed by atoms with Gasteiger partial charge in [0.05, 0.1) is 6.07 Å². The molecule has 0 bridgehead atoms. The average Bonchev–Trinajstić information content (AvgIpc) is 2.57. The minimum Gasteiger partial charge on any atom is -0.355 e. The molecule has 1 N–H and O–H groups in total. The number of nitrogens with zero attached hydrogens (tertiary/aromatic N) is 1. The lowest BCUT2D eigenvalue weighted by Crippen LogP contribution is -2.24. The van der Waals surface area contributed by atoms with E-state index in [1.54, 1.807) is 17.4 Å². The summed E-state index contributed by atoms with van der Waals surface area (Å²) in [6.07, 6.45) is 0.782. The summed E-state index contributed by atoms with van der Waals surface area (Å²) in [6, 6.07) is 3.83. The van der Waals surface area contributed by atoms with Gasteiger partial charge < -0.3 is 5.32 Å². The van der Waals surface area contributed by atoms with Crippen LogP contribution in [-0.4, -0.2) is 12.5 Å². The highest BCUT2D eigenvalue weighted by atomic mass is 32.1. The second-order valence-corrected chi connectivity index (χ2v) is 3.35. The van der Waals surface area contributed by atoms with E-state index in [9.17, 15) is 4.79 Å². The van der Waals surface area contributed by atoms with Gasteiger partial charge >= 0.3 is 0 Å². The first-order valence-corrected chi connectivity index (χ1v) is 4.92. The molecule has 3 nitrogen and oxygen atoms in total. The molecule has 0 unspecified atom stereocenters. The van der Waals surface area contributed by atoms with E-state index in [1.165, 1.54) is 5.56 Å². The fourth-order valence-electron chi connectivity index (χ4n) is 0.915. The van der Waals surface area contributed by atoms with Crippen LogP contribution in [0.5, 0.6) is 0 Å². The van der Waals surface area contributed by atoms with E-state index >= 15 is 0 Å². The predicted octanol–water partition coefficient (Wildman–Crippen LogP) is 1.32. The number of carbonyl (C=O) groups excluding carboxylic acids is 1. The molecule has 13 heavy (non-hydrogen) atoms. The van der Waals surface area contributed by atoms with Gasteiger partial charge in [-0.25, -0.2) is 0 Å². The Hall–Kier alpha value is -1.34. The summed E-state index contributed by atoms with van der Waals surface area (Å²) >= 11 is 1.64. The van der Waals surface area contributed by atoms with Gasteiger partial charge in [0, 0.05) is 6.54 Å². The Morgan fingerprint density at radius 3 is 3.15 bits per heavy atom. The van der Waals surface area contributed by atoms with Crippen LogP contribution in [0.25, 0.3) is 0 Å². The highest BCUT2D eigenvalue weighted by molar-refractivity contribution is 7.07. The summed E-state index contributed by atoms with van der Waals surface area (Å²) in [5, 5.41) is 14.9. The van der Waals surface area contributed by atoms with Crippen molar-refractivity contribution in [2.45, 2.75) is 12.8 Å². The van der Waals surface area contributed by atoms with Gasteiger partial charge in [-0.05, 0) is 28.8 Å². The summed E-state index contributed by atoms with van der Waals surface area (Å²) in [5.74, 6) is -0.197. The second kappa shape index (κ2) is 5.33. The molecule has 0 aliphatic heterocycles. The molecule has 68 valence electrons. The Morgan fingerprint density at radius 1 is 1.69 bits per heavy atom. The van der Waals surface area contributed by atoms with E-state index in [-0.39, 0.29) is 12.3 Å². The average molecular weight is 194 g/mol. The minimum atomic E-state index is -0.197. The van der Waals surface area contributed by atoms with Crippen molar-refractivity contribution in [3.8, 4) is 6.07 Å². The summed E-state index contributed by atoms with van der Waals surface area (Å²) in [4.78, 5) is 10.8. The quantitative estimate of drug-likeness (QED) is 0.786. The van der Waals surface area contributed by atoms with Crippen LogP contribution in [0.15, 0.2) is 16.8 Å². The first kappa shape index (κ1) is 9.75. The molecule has 0 spiro atoms. The van der Waals surface area contributed by atoms with Crippen LogP contribution in [0.3, 0.4) is 0 Å². The van der Waals surface area contributed by atoms with Crippen molar-refractivity contribution >= 4 is 17.2 Å². The molecular weight excluding hydrogens is 184 g/mol. The number of nitrogens with one attached hydrogen (secondary N) is 1. The van der Waals surface area contributed by atoms with E-state index in [1.807, 2.05) is 11.4 Å². The lowest BCUT2D eigenvalue weighted by atomic mass is 10.2. The Morgan fingerprint density at radius 2 is 2.54 bits per heavy atom. The second-order valence-electron chi connectivity index (χ2n) is 2.57. The van der Waals surface area contributed by atoms with Crippen molar-refractivity contribution < 1.29 is 4.79 Å². The maximum absolute atomic E-state index is 10.8. The van der Waals surface area contributed by atoms with Gasteiger partial charge in [-0.1, -0.05) is 0 Å². The molecule has 0 aliphatic rings. The van der Waals surface area contributed by atoms with Crippen LogP contribution >= 0.6 is 11.3 Å². The summed E-state index contributed by atoms with van der Waals surface area (Å²) in [5.41, 5.74) is 1.22. The molecule has 1 amide bonds. The largest absolute Gasteiger partial charge is 0.355 e. The number of hydrogen-bond donors (Lipinski definition) is 1. The highest BCUT2D eigenvalue weighted by Crippen LogP contribution is 2.05. The summed E-state index contributed by atoms with van der Waals surface area (Å²) in [6.45, 7) is 0.608. The Bertz CT molecular complexity index is 300. The number of carbonyl (C=O) groups is 1. The molecule has 0 saturated carbocycles. The molecule has 1 aromatic rings. The van der Waals surface area contributed by atoms with Crippen molar-refractivity contribution in [1.82, 2.24) is 5.32 Å². The van der Waals surface area contributed by atoms with E-state index in [0.717, 1.165) is 6.42 Å². The molecule has 0 atom stereocenters. The van der Waals surface area contributed by atoms with Gasteiger partial charge in [0.25, 0.3) is 0 Å². The maximum Gasteiger partial charge on any atom is 0.234 e. The third-order valence-electron chi connectivity index (χ3n) is 1.56. The van der Waals surface area contributed by atoms with Gasteiger partial charge in [0.2, 0.25) is 5.91 Å². The smallest absolute Gasteiger partial charge is 0.234 e. The van der Waals surface area contributed by atoms with Crippen LogP contribution in [-0.2, 0) is 11.2 Å². The van der Waals surface area contributed by atoms with Crippen molar-refractivity contribution in [1.29, 1.82) is 5.26 Å². The number of hydrogen-bond acceptors (Lipinski definition) is 3.